The van der Waals surface area contributed by atoms with Crippen LogP contribution in [0.2, 0.25) is 4.34 Å². The summed E-state index contributed by atoms with van der Waals surface area (Å²) in [6, 6.07) is 13.4. The van der Waals surface area contributed by atoms with Crippen molar-refractivity contribution in [2.45, 2.75) is 4.21 Å². The average molecular weight is 439 g/mol. The molecule has 0 atom stereocenters. The molecule has 7 nitrogen and oxygen atoms in total. The molecule has 3 rings (SSSR count). The number of methoxy groups -OCH3 is 1. The van der Waals surface area contributed by atoms with Gasteiger partial charge in [0.15, 0.2) is 0 Å². The van der Waals surface area contributed by atoms with Crippen molar-refractivity contribution in [1.82, 2.24) is 0 Å². The van der Waals surface area contributed by atoms with Crippen molar-refractivity contribution in [3.8, 4) is 11.1 Å². The van der Waals surface area contributed by atoms with E-state index in [-0.39, 0.29) is 11.3 Å². The zero-order chi connectivity index (χ0) is 20.5. The van der Waals surface area contributed by atoms with Crippen molar-refractivity contribution < 1.29 is 13.7 Å². The SMILES string of the molecule is COC(=O)c1ccc(N[SH](N)(=O)c2cc(-c3cccc(N)c3)c(Cl)s2)cc1N. The molecule has 0 aliphatic rings. The Morgan fingerprint density at radius 3 is 2.57 bits per heavy atom. The largest absolute Gasteiger partial charge is 0.465 e. The van der Waals surface area contributed by atoms with Gasteiger partial charge in [0.1, 0.15) is 4.34 Å². The summed E-state index contributed by atoms with van der Waals surface area (Å²) in [6.45, 7) is 0. The minimum absolute atomic E-state index is 0.182. The first kappa shape index (κ1) is 20.2. The van der Waals surface area contributed by atoms with Gasteiger partial charge in [-0.3, -0.25) is 5.14 Å². The number of ether oxygens (including phenoxy) is 1. The van der Waals surface area contributed by atoms with E-state index >= 15 is 0 Å². The second kappa shape index (κ2) is 7.80. The number of carbonyl (C=O) groups is 1. The number of thiol groups is 1. The molecule has 0 saturated carbocycles. The van der Waals surface area contributed by atoms with E-state index in [4.69, 9.17) is 28.2 Å². The van der Waals surface area contributed by atoms with Crippen molar-refractivity contribution >= 4 is 56.3 Å². The van der Waals surface area contributed by atoms with E-state index in [0.717, 1.165) is 16.9 Å². The highest BCUT2D eigenvalue weighted by Crippen LogP contribution is 2.39. The van der Waals surface area contributed by atoms with Crippen LogP contribution in [0.15, 0.2) is 52.7 Å². The molecule has 10 heteroatoms. The van der Waals surface area contributed by atoms with E-state index < -0.39 is 16.3 Å². The van der Waals surface area contributed by atoms with Gasteiger partial charge in [0.25, 0.3) is 0 Å². The van der Waals surface area contributed by atoms with E-state index in [2.05, 4.69) is 9.46 Å². The summed E-state index contributed by atoms with van der Waals surface area (Å²) in [5.74, 6) is -0.559. The van der Waals surface area contributed by atoms with E-state index in [0.29, 0.717) is 25.5 Å². The first-order valence-electron chi connectivity index (χ1n) is 8.02. The van der Waals surface area contributed by atoms with E-state index in [1.54, 1.807) is 24.3 Å². The number of nitrogens with two attached hydrogens (primary N) is 3. The maximum Gasteiger partial charge on any atom is 0.339 e. The molecule has 0 unspecified atom stereocenters. The molecule has 2 aromatic carbocycles. The number of halogens is 1. The van der Waals surface area contributed by atoms with Gasteiger partial charge in [-0.1, -0.05) is 23.7 Å². The molecular formula is C18H19ClN4O3S2. The third-order valence-corrected chi connectivity index (χ3v) is 7.57. The number of hydrogen-bond acceptors (Lipinski definition) is 6. The highest BCUT2D eigenvalue weighted by atomic mass is 35.5. The summed E-state index contributed by atoms with van der Waals surface area (Å²) in [5, 5.41) is 6.07. The summed E-state index contributed by atoms with van der Waals surface area (Å²) < 4.78 is 21.4. The Labute approximate surface area is 172 Å². The molecule has 0 aliphatic heterocycles. The second-order valence-corrected chi connectivity index (χ2v) is 9.94. The Bertz CT molecular complexity index is 1100. The molecule has 0 saturated heterocycles. The number of anilines is 3. The summed E-state index contributed by atoms with van der Waals surface area (Å²) >= 11 is 7.47. The lowest BCUT2D eigenvalue weighted by Gasteiger charge is -2.20. The Kier molecular flexibility index (Phi) is 5.61. The van der Waals surface area contributed by atoms with Gasteiger partial charge < -0.3 is 20.9 Å². The smallest absolute Gasteiger partial charge is 0.339 e. The van der Waals surface area contributed by atoms with Crippen LogP contribution in [0.5, 0.6) is 0 Å². The lowest BCUT2D eigenvalue weighted by Crippen LogP contribution is -2.31. The first-order chi connectivity index (χ1) is 13.2. The van der Waals surface area contributed by atoms with Gasteiger partial charge in [0.05, 0.1) is 16.9 Å². The van der Waals surface area contributed by atoms with Gasteiger partial charge >= 0.3 is 5.97 Å². The zero-order valence-corrected chi connectivity index (χ0v) is 17.3. The lowest BCUT2D eigenvalue weighted by atomic mass is 10.1. The number of esters is 1. The Balaban J connectivity index is 1.90. The van der Waals surface area contributed by atoms with Gasteiger partial charge in [-0.2, -0.15) is 0 Å². The monoisotopic (exact) mass is 438 g/mol. The number of benzene rings is 2. The van der Waals surface area contributed by atoms with Crippen LogP contribution in [0.4, 0.5) is 17.1 Å². The molecule has 1 heterocycles. The maximum atomic E-state index is 13.1. The molecule has 0 bridgehead atoms. The summed E-state index contributed by atoms with van der Waals surface area (Å²) in [4.78, 5) is 11.6. The molecule has 1 aromatic heterocycles. The second-order valence-electron chi connectivity index (χ2n) is 5.96. The van der Waals surface area contributed by atoms with Crippen LogP contribution in [-0.2, 0) is 15.0 Å². The predicted molar refractivity (Wildman–Crippen MR) is 117 cm³/mol. The van der Waals surface area contributed by atoms with Crippen LogP contribution in [-0.4, -0.2) is 17.3 Å². The van der Waals surface area contributed by atoms with Crippen molar-refractivity contribution in [2.24, 2.45) is 5.14 Å². The number of thiophene rings is 1. The Morgan fingerprint density at radius 2 is 1.93 bits per heavy atom. The minimum Gasteiger partial charge on any atom is -0.465 e. The Hall–Kier alpha value is -2.59. The third kappa shape index (κ3) is 4.12. The molecular weight excluding hydrogens is 420 g/mol. The minimum atomic E-state index is -3.49. The topological polar surface area (TPSA) is 133 Å². The van der Waals surface area contributed by atoms with Crippen molar-refractivity contribution in [3.63, 3.8) is 0 Å². The van der Waals surface area contributed by atoms with Crippen LogP contribution in [0.1, 0.15) is 10.4 Å². The summed E-state index contributed by atoms with van der Waals surface area (Å²) in [6.07, 6.45) is 0. The number of carbonyl (C=O) groups excluding carboxylic acids is 1. The number of rotatable bonds is 5. The fourth-order valence-corrected chi connectivity index (χ4v) is 5.73. The molecule has 3 aromatic rings. The summed E-state index contributed by atoms with van der Waals surface area (Å²) in [5.41, 5.74) is 14.6. The quantitative estimate of drug-likeness (QED) is 0.237. The molecule has 0 fully saturated rings. The fourth-order valence-electron chi connectivity index (χ4n) is 2.60. The highest BCUT2D eigenvalue weighted by molar-refractivity contribution is 8.03. The highest BCUT2D eigenvalue weighted by Gasteiger charge is 2.20. The van der Waals surface area contributed by atoms with Crippen molar-refractivity contribution in [1.29, 1.82) is 0 Å². The molecule has 28 heavy (non-hydrogen) atoms. The summed E-state index contributed by atoms with van der Waals surface area (Å²) in [7, 11) is -2.23. The van der Waals surface area contributed by atoms with Gasteiger partial charge in [-0.05, 0) is 42.0 Å². The van der Waals surface area contributed by atoms with Crippen LogP contribution in [0, 0.1) is 0 Å². The van der Waals surface area contributed by atoms with E-state index in [9.17, 15) is 9.00 Å². The van der Waals surface area contributed by atoms with Crippen molar-refractivity contribution in [3.05, 3.63) is 58.4 Å². The molecule has 0 radical (unpaired) electrons. The molecule has 0 amide bonds. The van der Waals surface area contributed by atoms with Crippen LogP contribution in [0.25, 0.3) is 11.1 Å². The predicted octanol–water partition coefficient (Wildman–Crippen LogP) is 3.30. The number of nitrogen functional groups attached to an aromatic ring is 2. The number of nitrogens with one attached hydrogen (secondary N) is 1. The van der Waals surface area contributed by atoms with Gasteiger partial charge in [0, 0.05) is 32.9 Å². The normalized spacial score (nSPS) is 11.8. The van der Waals surface area contributed by atoms with Crippen LogP contribution < -0.4 is 21.3 Å². The average Bonchev–Trinajstić information content (AvgIpc) is 3.04. The van der Waals surface area contributed by atoms with Crippen molar-refractivity contribution in [2.75, 3.05) is 23.3 Å². The van der Waals surface area contributed by atoms with E-state index in [1.165, 1.54) is 19.2 Å². The fraction of sp³-hybridized carbons (Fsp3) is 0.0556. The van der Waals surface area contributed by atoms with Crippen LogP contribution in [0.3, 0.4) is 0 Å². The first-order valence-corrected chi connectivity index (χ1v) is 11.0. The Morgan fingerprint density at radius 1 is 1.18 bits per heavy atom. The number of hydrogen-bond donors (Lipinski definition) is 5. The lowest BCUT2D eigenvalue weighted by molar-refractivity contribution is 0.0602. The van der Waals surface area contributed by atoms with Crippen LogP contribution >= 0.6 is 22.9 Å². The standard InChI is InChI=1S/C18H19ClN4O3S2/c1-26-18(24)13-6-5-12(8-15(13)21)23-28(22,25)16-9-14(17(19)27-16)10-3-2-4-11(20)7-10/h2-9,28H,20-21H2,1H3,(H3,22,23,25). The molecule has 0 spiro atoms. The molecule has 148 valence electrons. The maximum absolute atomic E-state index is 13.1. The van der Waals surface area contributed by atoms with Gasteiger partial charge in [-0.15, -0.1) is 11.3 Å². The van der Waals surface area contributed by atoms with Gasteiger partial charge in [0.2, 0.25) is 0 Å². The third-order valence-electron chi connectivity index (χ3n) is 3.95. The molecule has 7 N–H and O–H groups in total. The zero-order valence-electron chi connectivity index (χ0n) is 14.8. The van der Waals surface area contributed by atoms with E-state index in [1.807, 2.05) is 12.1 Å². The molecule has 0 aliphatic carbocycles. The van der Waals surface area contributed by atoms with Gasteiger partial charge in [-0.25, -0.2) is 9.00 Å².